The summed E-state index contributed by atoms with van der Waals surface area (Å²) in [6.07, 6.45) is 3.99. The van der Waals surface area contributed by atoms with E-state index in [2.05, 4.69) is 30.7 Å². The Bertz CT molecular complexity index is 339. The van der Waals surface area contributed by atoms with Crippen LogP contribution in [-0.4, -0.2) is 15.7 Å². The molecule has 0 radical (unpaired) electrons. The molecule has 1 heterocycles. The number of rotatable bonds is 7. The highest BCUT2D eigenvalue weighted by molar-refractivity contribution is 7.98. The molecule has 0 aliphatic rings. The second-order valence-electron chi connectivity index (χ2n) is 4.62. The van der Waals surface area contributed by atoms with Crippen molar-refractivity contribution in [3.8, 4) is 0 Å². The van der Waals surface area contributed by atoms with Gasteiger partial charge in [0.2, 0.25) is 0 Å². The van der Waals surface area contributed by atoms with E-state index in [0.717, 1.165) is 47.3 Å². The van der Waals surface area contributed by atoms with Gasteiger partial charge in [-0.3, -0.25) is 0 Å². The molecule has 96 valence electrons. The van der Waals surface area contributed by atoms with Gasteiger partial charge in [-0.25, -0.2) is 9.97 Å². The maximum absolute atomic E-state index is 5.69. The van der Waals surface area contributed by atoms with Crippen LogP contribution >= 0.6 is 11.8 Å². The van der Waals surface area contributed by atoms with E-state index in [1.54, 1.807) is 0 Å². The normalized spacial score (nSPS) is 11.1. The molecule has 0 spiro atoms. The van der Waals surface area contributed by atoms with Crippen LogP contribution in [0, 0.1) is 5.92 Å². The van der Waals surface area contributed by atoms with Gasteiger partial charge in [-0.2, -0.15) is 11.8 Å². The summed E-state index contributed by atoms with van der Waals surface area (Å²) >= 11 is 1.90. The van der Waals surface area contributed by atoms with Crippen LogP contribution in [0.3, 0.4) is 0 Å². The molecular formula is C13H23N3S. The molecule has 0 bridgehead atoms. The SMILES string of the molecule is CCCc1nc(CSCC(C)C)ncc1CN. The van der Waals surface area contributed by atoms with Crippen molar-refractivity contribution in [2.24, 2.45) is 11.7 Å². The molecule has 4 heteroatoms. The Morgan fingerprint density at radius 3 is 2.76 bits per heavy atom. The number of hydrogen-bond donors (Lipinski definition) is 1. The molecule has 3 nitrogen and oxygen atoms in total. The highest BCUT2D eigenvalue weighted by atomic mass is 32.2. The summed E-state index contributed by atoms with van der Waals surface area (Å²) in [5.74, 6) is 3.72. The van der Waals surface area contributed by atoms with E-state index in [4.69, 9.17) is 5.73 Å². The summed E-state index contributed by atoms with van der Waals surface area (Å²) in [6, 6.07) is 0. The van der Waals surface area contributed by atoms with E-state index in [1.165, 1.54) is 0 Å². The van der Waals surface area contributed by atoms with Crippen LogP contribution in [0.4, 0.5) is 0 Å². The van der Waals surface area contributed by atoms with Crippen LogP contribution in [-0.2, 0) is 18.7 Å². The smallest absolute Gasteiger partial charge is 0.138 e. The summed E-state index contributed by atoms with van der Waals surface area (Å²) in [5, 5.41) is 0. The molecule has 0 aliphatic carbocycles. The monoisotopic (exact) mass is 253 g/mol. The van der Waals surface area contributed by atoms with Crippen LogP contribution in [0.25, 0.3) is 0 Å². The summed E-state index contributed by atoms with van der Waals surface area (Å²) in [6.45, 7) is 7.16. The number of aryl methyl sites for hydroxylation is 1. The lowest BCUT2D eigenvalue weighted by atomic mass is 10.1. The minimum absolute atomic E-state index is 0.536. The molecule has 0 unspecified atom stereocenters. The molecule has 1 aromatic rings. The fraction of sp³-hybridized carbons (Fsp3) is 0.692. The second-order valence-corrected chi connectivity index (χ2v) is 5.65. The van der Waals surface area contributed by atoms with Gasteiger partial charge in [-0.1, -0.05) is 27.2 Å². The van der Waals surface area contributed by atoms with E-state index in [1.807, 2.05) is 18.0 Å². The Kier molecular flexibility index (Phi) is 6.52. The minimum Gasteiger partial charge on any atom is -0.326 e. The van der Waals surface area contributed by atoms with Crippen LogP contribution in [0.15, 0.2) is 6.20 Å². The average molecular weight is 253 g/mol. The van der Waals surface area contributed by atoms with E-state index in [-0.39, 0.29) is 0 Å². The van der Waals surface area contributed by atoms with Crippen LogP contribution in [0.5, 0.6) is 0 Å². The Morgan fingerprint density at radius 1 is 1.41 bits per heavy atom. The van der Waals surface area contributed by atoms with Crippen molar-refractivity contribution in [2.45, 2.75) is 45.9 Å². The van der Waals surface area contributed by atoms with Crippen molar-refractivity contribution < 1.29 is 0 Å². The molecule has 17 heavy (non-hydrogen) atoms. The number of nitrogens with zero attached hydrogens (tertiary/aromatic N) is 2. The van der Waals surface area contributed by atoms with Crippen molar-refractivity contribution in [1.82, 2.24) is 9.97 Å². The first-order chi connectivity index (χ1) is 8.17. The van der Waals surface area contributed by atoms with Crippen molar-refractivity contribution >= 4 is 11.8 Å². The lowest BCUT2D eigenvalue weighted by Gasteiger charge is -2.08. The van der Waals surface area contributed by atoms with Gasteiger partial charge in [0.05, 0.1) is 5.75 Å². The van der Waals surface area contributed by atoms with E-state index in [9.17, 15) is 0 Å². The molecule has 1 aromatic heterocycles. The maximum atomic E-state index is 5.69. The Balaban J connectivity index is 2.64. The zero-order valence-corrected chi connectivity index (χ0v) is 11.9. The zero-order valence-electron chi connectivity index (χ0n) is 11.1. The number of aromatic nitrogens is 2. The molecule has 0 fully saturated rings. The Hall–Kier alpha value is -0.610. The van der Waals surface area contributed by atoms with Crippen molar-refractivity contribution in [2.75, 3.05) is 5.75 Å². The van der Waals surface area contributed by atoms with Crippen LogP contribution in [0.1, 0.15) is 44.3 Å². The quantitative estimate of drug-likeness (QED) is 0.812. The maximum Gasteiger partial charge on any atom is 0.138 e. The van der Waals surface area contributed by atoms with Crippen LogP contribution in [0.2, 0.25) is 0 Å². The Labute approximate surface area is 109 Å². The van der Waals surface area contributed by atoms with Gasteiger partial charge in [0.1, 0.15) is 5.82 Å². The minimum atomic E-state index is 0.536. The highest BCUT2D eigenvalue weighted by Gasteiger charge is 2.06. The van der Waals surface area contributed by atoms with Gasteiger partial charge in [-0.15, -0.1) is 0 Å². The van der Waals surface area contributed by atoms with Crippen molar-refractivity contribution in [1.29, 1.82) is 0 Å². The zero-order chi connectivity index (χ0) is 12.7. The van der Waals surface area contributed by atoms with Crippen molar-refractivity contribution in [3.05, 3.63) is 23.3 Å². The molecule has 0 aliphatic heterocycles. The number of hydrogen-bond acceptors (Lipinski definition) is 4. The van der Waals surface area contributed by atoms with E-state index >= 15 is 0 Å². The largest absolute Gasteiger partial charge is 0.326 e. The summed E-state index contributed by atoms with van der Waals surface area (Å²) in [5.41, 5.74) is 7.90. The molecule has 1 rings (SSSR count). The average Bonchev–Trinajstić information content (AvgIpc) is 2.29. The first-order valence-corrected chi connectivity index (χ1v) is 7.44. The lowest BCUT2D eigenvalue weighted by Crippen LogP contribution is -2.07. The molecular weight excluding hydrogens is 230 g/mol. The third-order valence-corrected chi connectivity index (χ3v) is 3.76. The highest BCUT2D eigenvalue weighted by Crippen LogP contribution is 2.14. The van der Waals surface area contributed by atoms with Gasteiger partial charge < -0.3 is 5.73 Å². The summed E-state index contributed by atoms with van der Waals surface area (Å²) in [7, 11) is 0. The van der Waals surface area contributed by atoms with E-state index in [0.29, 0.717) is 6.54 Å². The number of thioether (sulfide) groups is 1. The fourth-order valence-electron chi connectivity index (χ4n) is 1.56. The predicted octanol–water partition coefficient (Wildman–Crippen LogP) is 2.78. The van der Waals surface area contributed by atoms with Gasteiger partial charge in [0, 0.05) is 24.0 Å². The molecule has 0 saturated carbocycles. The standard InChI is InChI=1S/C13H23N3S/c1-4-5-12-11(6-14)7-15-13(16-12)9-17-8-10(2)3/h7,10H,4-6,8-9,14H2,1-3H3. The van der Waals surface area contributed by atoms with Gasteiger partial charge in [0.25, 0.3) is 0 Å². The summed E-state index contributed by atoms with van der Waals surface area (Å²) < 4.78 is 0. The molecule has 0 amide bonds. The van der Waals surface area contributed by atoms with Gasteiger partial charge in [0.15, 0.2) is 0 Å². The molecule has 2 N–H and O–H groups in total. The number of nitrogens with two attached hydrogens (primary N) is 1. The Morgan fingerprint density at radius 2 is 2.18 bits per heavy atom. The van der Waals surface area contributed by atoms with E-state index < -0.39 is 0 Å². The molecule has 0 aromatic carbocycles. The third kappa shape index (κ3) is 5.04. The van der Waals surface area contributed by atoms with Crippen molar-refractivity contribution in [3.63, 3.8) is 0 Å². The predicted molar refractivity (Wildman–Crippen MR) is 74.9 cm³/mol. The second kappa shape index (κ2) is 7.67. The first kappa shape index (κ1) is 14.5. The topological polar surface area (TPSA) is 51.8 Å². The van der Waals surface area contributed by atoms with Gasteiger partial charge in [-0.05, 0) is 18.1 Å². The van der Waals surface area contributed by atoms with Gasteiger partial charge >= 0.3 is 0 Å². The molecule has 0 saturated heterocycles. The summed E-state index contributed by atoms with van der Waals surface area (Å²) in [4.78, 5) is 9.00. The fourth-order valence-corrected chi connectivity index (χ4v) is 2.47. The molecule has 0 atom stereocenters. The third-order valence-electron chi connectivity index (χ3n) is 2.39. The first-order valence-electron chi connectivity index (χ1n) is 6.28. The van der Waals surface area contributed by atoms with Crippen LogP contribution < -0.4 is 5.73 Å². The lowest BCUT2D eigenvalue weighted by molar-refractivity contribution is 0.749.